The van der Waals surface area contributed by atoms with Crippen molar-refractivity contribution in [2.75, 3.05) is 32.1 Å². The molecule has 4 aromatic heterocycles. The van der Waals surface area contributed by atoms with Crippen molar-refractivity contribution in [1.29, 1.82) is 10.5 Å². The fourth-order valence-electron chi connectivity index (χ4n) is 1.96. The molecule has 0 radical (unpaired) electrons. The standard InChI is InChI=1S/C7H8N2O2S.C6H5N3S.C6H6N2OS.C5H2BrN3.CH4S.CH4.Na/c1-11-7(10)6-8-3-5(12-2)4-9-6;1-10-5-3-8-6(2-7)9-4-5;1-10-5-2-7-6(4-9)8-3-5;6-4-2-8-5(1-7)9-3-4;1-2;;/h3-4H,1-2H3;3-4H,1H3;2-4H,1H3;2-3H;2H,1H3;1H4;/q;;;;;;+1/p-1. The molecule has 0 unspecified atom stereocenters. The van der Waals surface area contributed by atoms with Crippen LogP contribution < -0.4 is 29.6 Å². The molecule has 45 heavy (non-hydrogen) atoms. The number of hydrogen-bond acceptors (Lipinski definition) is 17. The van der Waals surface area contributed by atoms with E-state index in [0.29, 0.717) is 6.29 Å². The van der Waals surface area contributed by atoms with Crippen LogP contribution in [0.25, 0.3) is 0 Å². The number of methoxy groups -OCH3 is 1. The van der Waals surface area contributed by atoms with E-state index < -0.39 is 5.97 Å². The molecule has 0 N–H and O–H groups in total. The topological polar surface area (TPSA) is 194 Å². The van der Waals surface area contributed by atoms with Crippen molar-refractivity contribution in [3.8, 4) is 12.1 Å². The van der Waals surface area contributed by atoms with Crippen LogP contribution in [0, 0.1) is 22.7 Å². The maximum absolute atomic E-state index is 10.9. The third kappa shape index (κ3) is 20.9. The van der Waals surface area contributed by atoms with Gasteiger partial charge in [0.05, 0.1) is 11.6 Å². The van der Waals surface area contributed by atoms with E-state index in [0.717, 1.165) is 19.2 Å². The second-order valence-corrected chi connectivity index (χ2v) is 9.99. The fraction of sp³-hybridized carbons (Fsp3) is 0.231. The largest absolute Gasteiger partial charge is 1.00 e. The van der Waals surface area contributed by atoms with Gasteiger partial charge < -0.3 is 17.4 Å². The summed E-state index contributed by atoms with van der Waals surface area (Å²) in [5, 5.41) is 16.6. The van der Waals surface area contributed by atoms with Gasteiger partial charge in [0.25, 0.3) is 0 Å². The molecule has 4 heterocycles. The Morgan fingerprint density at radius 3 is 1.40 bits per heavy atom. The Labute approximate surface area is 311 Å². The van der Waals surface area contributed by atoms with Gasteiger partial charge in [-0.3, -0.25) is 4.79 Å². The van der Waals surface area contributed by atoms with Gasteiger partial charge in [0, 0.05) is 64.3 Å². The Morgan fingerprint density at radius 2 is 1.09 bits per heavy atom. The number of rotatable bonds is 5. The number of hydrogen-bond donors (Lipinski definition) is 0. The van der Waals surface area contributed by atoms with Crippen LogP contribution in [0.3, 0.4) is 0 Å². The van der Waals surface area contributed by atoms with Crippen LogP contribution in [0.15, 0.2) is 68.7 Å². The fourth-order valence-corrected chi connectivity index (χ4v) is 3.11. The number of nitriles is 2. The Kier molecular flexibility index (Phi) is 31.2. The molecule has 0 fully saturated rings. The molecule has 0 aliphatic rings. The number of carbonyl (C=O) groups is 2. The van der Waals surface area contributed by atoms with Gasteiger partial charge >= 0.3 is 35.5 Å². The van der Waals surface area contributed by atoms with Gasteiger partial charge in [-0.2, -0.15) is 16.8 Å². The monoisotopic (exact) mass is 758 g/mol. The van der Waals surface area contributed by atoms with E-state index in [4.69, 9.17) is 10.5 Å². The first-order valence-corrected chi connectivity index (χ1v) is 16.4. The molecular weight excluding hydrogens is 732 g/mol. The molecule has 0 spiro atoms. The number of thioether (sulfide) groups is 3. The number of halogens is 1. The van der Waals surface area contributed by atoms with Crippen molar-refractivity contribution in [2.24, 2.45) is 0 Å². The van der Waals surface area contributed by atoms with Crippen LogP contribution in [0.4, 0.5) is 0 Å². The first kappa shape index (κ1) is 46.7. The first-order chi connectivity index (χ1) is 20.8. The summed E-state index contributed by atoms with van der Waals surface area (Å²) in [6.07, 6.45) is 20.8. The van der Waals surface area contributed by atoms with Crippen LogP contribution >= 0.6 is 51.2 Å². The third-order valence-electron chi connectivity index (χ3n) is 3.91. The molecule has 0 bridgehead atoms. The van der Waals surface area contributed by atoms with Crippen molar-refractivity contribution in [2.45, 2.75) is 22.1 Å². The van der Waals surface area contributed by atoms with Gasteiger partial charge in [-0.1, -0.05) is 7.43 Å². The molecule has 0 aliphatic carbocycles. The summed E-state index contributed by atoms with van der Waals surface area (Å²) < 4.78 is 5.22. The van der Waals surface area contributed by atoms with Crippen LogP contribution in [0.2, 0.25) is 0 Å². The quantitative estimate of drug-likeness (QED) is 0.0942. The maximum Gasteiger partial charge on any atom is 1.00 e. The Balaban J connectivity index is -0.000000507. The summed E-state index contributed by atoms with van der Waals surface area (Å²) in [5.74, 6) is 0.228. The number of aromatic nitrogens is 8. The molecule has 232 valence electrons. The van der Waals surface area contributed by atoms with Gasteiger partial charge in [-0.25, -0.2) is 44.7 Å². The Morgan fingerprint density at radius 1 is 0.756 bits per heavy atom. The zero-order valence-electron chi connectivity index (χ0n) is 24.4. The molecule has 0 saturated heterocycles. The minimum Gasteiger partial charge on any atom is -0.796 e. The number of aldehydes is 1. The van der Waals surface area contributed by atoms with Crippen LogP contribution in [-0.4, -0.2) is 84.3 Å². The van der Waals surface area contributed by atoms with E-state index in [-0.39, 0.29) is 60.3 Å². The predicted molar refractivity (Wildman–Crippen MR) is 177 cm³/mol. The average molecular weight is 760 g/mol. The minimum absolute atomic E-state index is 0. The van der Waals surface area contributed by atoms with E-state index in [2.05, 4.69) is 73.2 Å². The third-order valence-corrected chi connectivity index (χ3v) is 6.36. The van der Waals surface area contributed by atoms with E-state index in [1.165, 1.54) is 31.3 Å². The molecule has 4 rings (SSSR count). The number of nitrogens with zero attached hydrogens (tertiary/aromatic N) is 10. The number of esters is 1. The zero-order chi connectivity index (χ0) is 32.5. The van der Waals surface area contributed by atoms with Gasteiger partial charge in [-0.05, 0) is 34.7 Å². The van der Waals surface area contributed by atoms with E-state index in [9.17, 15) is 9.59 Å². The molecule has 19 heteroatoms. The summed E-state index contributed by atoms with van der Waals surface area (Å²) >= 11 is 11.8. The molecule has 13 nitrogen and oxygen atoms in total. The van der Waals surface area contributed by atoms with Crippen molar-refractivity contribution >= 4 is 76.1 Å². The van der Waals surface area contributed by atoms with Crippen LogP contribution in [0.5, 0.6) is 0 Å². The molecule has 4 aromatic rings. The normalized spacial score (nSPS) is 8.38. The average Bonchev–Trinajstić information content (AvgIpc) is 3.10. The van der Waals surface area contributed by atoms with Crippen LogP contribution in [0.1, 0.15) is 40.3 Å². The molecule has 0 atom stereocenters. The van der Waals surface area contributed by atoms with Gasteiger partial charge in [0.15, 0.2) is 12.1 Å². The Bertz CT molecular complexity index is 1450. The minimum atomic E-state index is -0.511. The molecule has 0 aromatic carbocycles. The molecule has 0 aliphatic heterocycles. The van der Waals surface area contributed by atoms with Crippen molar-refractivity contribution < 1.29 is 43.9 Å². The summed E-state index contributed by atoms with van der Waals surface area (Å²) in [5.41, 5.74) is 0. The smallest absolute Gasteiger partial charge is 0.796 e. The molecular formula is C26H28BrN10NaO3S4. The zero-order valence-corrected chi connectivity index (χ0v) is 31.3. The number of carbonyl (C=O) groups excluding carboxylic acids is 2. The second-order valence-electron chi connectivity index (χ2n) is 6.43. The van der Waals surface area contributed by atoms with E-state index in [1.807, 2.05) is 30.9 Å². The summed E-state index contributed by atoms with van der Waals surface area (Å²) in [6, 6.07) is 3.66. The number of ether oxygens (including phenoxy) is 1. The van der Waals surface area contributed by atoms with Gasteiger partial charge in [-0.15, -0.1) is 35.3 Å². The second kappa shape index (κ2) is 30.0. The summed E-state index contributed by atoms with van der Waals surface area (Å²) in [6.45, 7) is 0. The summed E-state index contributed by atoms with van der Waals surface area (Å²) in [4.78, 5) is 53.9. The summed E-state index contributed by atoms with van der Waals surface area (Å²) in [7, 11) is 1.30. The predicted octanol–water partition coefficient (Wildman–Crippen LogP) is 1.98. The van der Waals surface area contributed by atoms with Crippen molar-refractivity contribution in [3.05, 3.63) is 77.3 Å². The molecule has 0 amide bonds. The van der Waals surface area contributed by atoms with Crippen molar-refractivity contribution in [3.63, 3.8) is 0 Å². The van der Waals surface area contributed by atoms with E-state index in [1.54, 1.807) is 67.0 Å². The Hall–Kier alpha value is -2.68. The van der Waals surface area contributed by atoms with Crippen LogP contribution in [-0.2, 0) is 17.4 Å². The first-order valence-electron chi connectivity index (χ1n) is 11.1. The van der Waals surface area contributed by atoms with Crippen molar-refractivity contribution in [1.82, 2.24) is 39.9 Å². The maximum atomic E-state index is 10.9. The van der Waals surface area contributed by atoms with Gasteiger partial charge in [0.2, 0.25) is 17.5 Å². The SMILES string of the molecule is C.COC(=O)c1ncc(SC)cn1.CSc1cnc(C#N)nc1.CSc1cnc(C=O)nc1.C[S-].N#Cc1ncc(Br)cn1.[Na+]. The van der Waals surface area contributed by atoms with E-state index >= 15 is 0 Å². The van der Waals surface area contributed by atoms with Gasteiger partial charge in [0.1, 0.15) is 12.1 Å². The molecule has 0 saturated carbocycles.